The molecule has 0 radical (unpaired) electrons. The summed E-state index contributed by atoms with van der Waals surface area (Å²) in [6.45, 7) is 2.38. The Morgan fingerprint density at radius 2 is 1.73 bits per heavy atom. The molecule has 208 valence electrons. The molecule has 0 unspecified atom stereocenters. The van der Waals surface area contributed by atoms with Crippen molar-refractivity contribution >= 4 is 23.4 Å². The van der Waals surface area contributed by atoms with E-state index in [1.165, 1.54) is 7.11 Å². The summed E-state index contributed by atoms with van der Waals surface area (Å²) in [7, 11) is 3.09. The van der Waals surface area contributed by atoms with Gasteiger partial charge in [0.2, 0.25) is 5.95 Å². The summed E-state index contributed by atoms with van der Waals surface area (Å²) in [4.78, 5) is 14.7. The minimum absolute atomic E-state index is 0.161. The van der Waals surface area contributed by atoms with Gasteiger partial charge in [0.15, 0.2) is 29.7 Å². The number of nitrogens with zero attached hydrogens (tertiary/aromatic N) is 5. The predicted molar refractivity (Wildman–Crippen MR) is 154 cm³/mol. The summed E-state index contributed by atoms with van der Waals surface area (Å²) in [5, 5.41) is 19.0. The number of allylic oxidation sites excluding steroid dienone is 1. The third kappa shape index (κ3) is 6.21. The Labute approximate surface area is 238 Å². The Morgan fingerprint density at radius 1 is 0.976 bits per heavy atom. The van der Waals surface area contributed by atoms with Gasteiger partial charge in [-0.25, -0.2) is 0 Å². The molecule has 5 rings (SSSR count). The van der Waals surface area contributed by atoms with Crippen molar-refractivity contribution in [1.29, 1.82) is 5.26 Å². The first kappa shape index (κ1) is 27.4. The van der Waals surface area contributed by atoms with Crippen LogP contribution in [0, 0.1) is 11.3 Å². The van der Waals surface area contributed by atoms with E-state index in [0.717, 1.165) is 5.69 Å². The lowest BCUT2D eigenvalue weighted by Gasteiger charge is -2.28. The molecule has 1 fully saturated rings. The van der Waals surface area contributed by atoms with Crippen molar-refractivity contribution in [1.82, 2.24) is 14.8 Å². The lowest BCUT2D eigenvalue weighted by atomic mass is 10.1. The highest BCUT2D eigenvalue weighted by Gasteiger charge is 2.23. The van der Waals surface area contributed by atoms with Crippen LogP contribution in [0.5, 0.6) is 17.2 Å². The van der Waals surface area contributed by atoms with E-state index in [4.69, 9.17) is 18.9 Å². The molecule has 0 saturated carbocycles. The van der Waals surface area contributed by atoms with Crippen LogP contribution in [0.3, 0.4) is 0 Å². The third-order valence-corrected chi connectivity index (χ3v) is 6.59. The first-order chi connectivity index (χ1) is 20.1. The minimum Gasteiger partial charge on any atom is -0.497 e. The average molecular weight is 552 g/mol. The fraction of sp³-hybridized carbons (Fsp3) is 0.226. The number of nitriles is 1. The maximum absolute atomic E-state index is 12.6. The molecule has 0 atom stereocenters. The molecule has 0 N–H and O–H groups in total. The van der Waals surface area contributed by atoms with Gasteiger partial charge in [-0.2, -0.15) is 5.26 Å². The second kappa shape index (κ2) is 12.8. The van der Waals surface area contributed by atoms with E-state index in [2.05, 4.69) is 21.2 Å². The molecule has 3 aromatic carbocycles. The molecule has 1 aromatic heterocycles. The van der Waals surface area contributed by atoms with Crippen molar-refractivity contribution in [3.8, 4) is 29.0 Å². The molecule has 10 nitrogen and oxygen atoms in total. The molecule has 0 bridgehead atoms. The number of hydrogen-bond donors (Lipinski definition) is 0. The fourth-order valence-electron chi connectivity index (χ4n) is 4.44. The zero-order chi connectivity index (χ0) is 28.6. The smallest absolute Gasteiger partial charge is 0.232 e. The number of ether oxygens (including phenoxy) is 4. The van der Waals surface area contributed by atoms with E-state index in [0.29, 0.717) is 72.0 Å². The number of ketones is 1. The Hall–Kier alpha value is -5.14. The number of aromatic nitrogens is 3. The highest BCUT2D eigenvalue weighted by Crippen LogP contribution is 2.31. The van der Waals surface area contributed by atoms with E-state index < -0.39 is 0 Å². The van der Waals surface area contributed by atoms with Crippen LogP contribution >= 0.6 is 0 Å². The molecule has 0 aliphatic carbocycles. The molecular weight excluding hydrogens is 522 g/mol. The van der Waals surface area contributed by atoms with Crippen molar-refractivity contribution in [3.63, 3.8) is 0 Å². The van der Waals surface area contributed by atoms with Gasteiger partial charge in [0, 0.05) is 18.7 Å². The molecule has 1 aliphatic heterocycles. The second-order valence-corrected chi connectivity index (χ2v) is 9.11. The average Bonchev–Trinajstić information content (AvgIpc) is 3.48. The standard InChI is InChI=1S/C31H29N5O5/c1-38-26-11-9-23(10-12-26)27(37)21-41-28-13-8-22(19-29(28)39-2)18-24(20-32)30-33-34-31(35-14-16-40-17-15-35)36(30)25-6-4-3-5-7-25/h3-13,18-19H,14-17,21H2,1-2H3/b24-18+. The first-order valence-corrected chi connectivity index (χ1v) is 13.0. The molecule has 10 heteroatoms. The summed E-state index contributed by atoms with van der Waals surface area (Å²) in [6, 6.07) is 24.1. The van der Waals surface area contributed by atoms with Gasteiger partial charge in [-0.3, -0.25) is 9.36 Å². The normalized spacial score (nSPS) is 13.4. The minimum atomic E-state index is -0.179. The van der Waals surface area contributed by atoms with Gasteiger partial charge in [0.05, 0.1) is 38.7 Å². The number of anilines is 1. The fourth-order valence-corrected chi connectivity index (χ4v) is 4.44. The van der Waals surface area contributed by atoms with Crippen LogP contribution in [-0.2, 0) is 4.74 Å². The molecule has 2 heterocycles. The molecule has 0 spiro atoms. The first-order valence-electron chi connectivity index (χ1n) is 13.0. The van der Waals surface area contributed by atoms with Crippen molar-refractivity contribution in [3.05, 3.63) is 89.7 Å². The van der Waals surface area contributed by atoms with Crippen LogP contribution in [-0.4, -0.2) is 67.7 Å². The number of morpholine rings is 1. The summed E-state index contributed by atoms with van der Waals surface area (Å²) >= 11 is 0. The number of benzene rings is 3. The summed E-state index contributed by atoms with van der Waals surface area (Å²) < 4.78 is 23.9. The van der Waals surface area contributed by atoms with E-state index in [1.807, 2.05) is 34.9 Å². The molecule has 4 aromatic rings. The van der Waals surface area contributed by atoms with Crippen molar-refractivity contribution < 1.29 is 23.7 Å². The number of carbonyl (C=O) groups is 1. The van der Waals surface area contributed by atoms with Gasteiger partial charge >= 0.3 is 0 Å². The molecule has 0 amide bonds. The highest BCUT2D eigenvalue weighted by molar-refractivity contribution is 5.97. The van der Waals surface area contributed by atoms with Gasteiger partial charge < -0.3 is 23.8 Å². The Kier molecular flexibility index (Phi) is 8.57. The van der Waals surface area contributed by atoms with E-state index in [9.17, 15) is 10.1 Å². The summed E-state index contributed by atoms with van der Waals surface area (Å²) in [5.41, 5.74) is 2.38. The SMILES string of the molecule is COc1ccc(C(=O)COc2ccc(/C=C(\C#N)c3nnc(N4CCOCC4)n3-c3ccccc3)cc2OC)cc1. The highest BCUT2D eigenvalue weighted by atomic mass is 16.5. The lowest BCUT2D eigenvalue weighted by Crippen LogP contribution is -2.38. The lowest BCUT2D eigenvalue weighted by molar-refractivity contribution is 0.0919. The Balaban J connectivity index is 1.41. The third-order valence-electron chi connectivity index (χ3n) is 6.59. The van der Waals surface area contributed by atoms with E-state index in [1.54, 1.807) is 55.7 Å². The van der Waals surface area contributed by atoms with Crippen LogP contribution in [0.1, 0.15) is 21.7 Å². The number of carbonyl (C=O) groups excluding carboxylic acids is 1. The topological polar surface area (TPSA) is 112 Å². The van der Waals surface area contributed by atoms with Crippen LogP contribution in [0.4, 0.5) is 5.95 Å². The molecule has 41 heavy (non-hydrogen) atoms. The van der Waals surface area contributed by atoms with Gasteiger partial charge in [-0.05, 0) is 60.2 Å². The molecular formula is C31H29N5O5. The van der Waals surface area contributed by atoms with Crippen LogP contribution in [0.2, 0.25) is 0 Å². The van der Waals surface area contributed by atoms with Gasteiger partial charge in [-0.15, -0.1) is 10.2 Å². The number of rotatable bonds is 10. The van der Waals surface area contributed by atoms with Crippen LogP contribution in [0.25, 0.3) is 17.3 Å². The number of methoxy groups -OCH3 is 2. The van der Waals surface area contributed by atoms with Crippen molar-refractivity contribution in [2.75, 3.05) is 52.0 Å². The molecule has 1 saturated heterocycles. The van der Waals surface area contributed by atoms with Crippen LogP contribution < -0.4 is 19.1 Å². The summed E-state index contributed by atoms with van der Waals surface area (Å²) in [5.74, 6) is 2.40. The van der Waals surface area contributed by atoms with Gasteiger partial charge in [0.1, 0.15) is 11.8 Å². The zero-order valence-corrected chi connectivity index (χ0v) is 22.8. The quantitative estimate of drug-likeness (QED) is 0.208. The summed E-state index contributed by atoms with van der Waals surface area (Å²) in [6.07, 6.45) is 1.72. The number of hydrogen-bond acceptors (Lipinski definition) is 9. The monoisotopic (exact) mass is 551 g/mol. The van der Waals surface area contributed by atoms with E-state index in [-0.39, 0.29) is 12.4 Å². The predicted octanol–water partition coefficient (Wildman–Crippen LogP) is 4.45. The maximum Gasteiger partial charge on any atom is 0.232 e. The number of para-hydroxylation sites is 1. The second-order valence-electron chi connectivity index (χ2n) is 9.11. The zero-order valence-electron chi connectivity index (χ0n) is 22.8. The Bertz CT molecular complexity index is 1570. The van der Waals surface area contributed by atoms with Crippen molar-refractivity contribution in [2.45, 2.75) is 0 Å². The van der Waals surface area contributed by atoms with E-state index >= 15 is 0 Å². The van der Waals surface area contributed by atoms with Gasteiger partial charge in [-0.1, -0.05) is 24.3 Å². The van der Waals surface area contributed by atoms with Crippen molar-refractivity contribution in [2.24, 2.45) is 0 Å². The van der Waals surface area contributed by atoms with Gasteiger partial charge in [0.25, 0.3) is 0 Å². The molecule has 1 aliphatic rings. The largest absolute Gasteiger partial charge is 0.497 e. The number of Topliss-reactive ketones (excluding diaryl/α,β-unsaturated/α-hetero) is 1. The maximum atomic E-state index is 12.6. The Morgan fingerprint density at radius 3 is 2.41 bits per heavy atom. The van der Waals surface area contributed by atoms with Crippen LogP contribution in [0.15, 0.2) is 72.8 Å².